The predicted molar refractivity (Wildman–Crippen MR) is 51.2 cm³/mol. The molecule has 1 fully saturated rings. The molecule has 0 spiro atoms. The Morgan fingerprint density at radius 2 is 2.27 bits per heavy atom. The molecular formula is C8H12O6S. The van der Waals surface area contributed by atoms with Gasteiger partial charge in [-0.1, -0.05) is 0 Å². The highest BCUT2D eigenvalue weighted by Crippen LogP contribution is 2.26. The molecule has 0 aromatic rings. The fourth-order valence-corrected chi connectivity index (χ4v) is 1.82. The van der Waals surface area contributed by atoms with Gasteiger partial charge in [0, 0.05) is 0 Å². The van der Waals surface area contributed by atoms with Crippen molar-refractivity contribution in [1.82, 2.24) is 0 Å². The molecule has 0 unspecified atom stereocenters. The van der Waals surface area contributed by atoms with E-state index in [-0.39, 0.29) is 0 Å². The lowest BCUT2D eigenvalue weighted by Gasteiger charge is -2.11. The van der Waals surface area contributed by atoms with Crippen molar-refractivity contribution in [2.24, 2.45) is 0 Å². The maximum absolute atomic E-state index is 11.2. The van der Waals surface area contributed by atoms with Gasteiger partial charge in [0.15, 0.2) is 0 Å². The summed E-state index contributed by atoms with van der Waals surface area (Å²) < 4.78 is 18.9. The number of carbonyl (C=O) groups is 2. The maximum atomic E-state index is 11.2. The first kappa shape index (κ1) is 12.1. The maximum Gasteiger partial charge on any atom is 0.510 e. The molecule has 1 saturated heterocycles. The SMILES string of the molecule is CCOC(=O)[C@@H]1O[C@H](OC(=O)OC)CS1. The molecule has 1 rings (SSSR count). The Bertz CT molecular complexity index is 243. The molecule has 7 heteroatoms. The van der Waals surface area contributed by atoms with Gasteiger partial charge in [0.05, 0.1) is 19.5 Å². The monoisotopic (exact) mass is 236 g/mol. The van der Waals surface area contributed by atoms with Crippen LogP contribution in [0.25, 0.3) is 0 Å². The lowest BCUT2D eigenvalue weighted by atomic mass is 10.7. The molecule has 0 aromatic carbocycles. The van der Waals surface area contributed by atoms with Crippen molar-refractivity contribution < 1.29 is 28.5 Å². The topological polar surface area (TPSA) is 71.1 Å². The number of hydrogen-bond donors (Lipinski definition) is 0. The fraction of sp³-hybridized carbons (Fsp3) is 0.750. The molecule has 0 amide bonds. The van der Waals surface area contributed by atoms with Crippen LogP contribution < -0.4 is 0 Å². The number of rotatable bonds is 3. The number of carbonyl (C=O) groups excluding carboxylic acids is 2. The molecule has 0 aliphatic carbocycles. The third-order valence-electron chi connectivity index (χ3n) is 1.53. The highest BCUT2D eigenvalue weighted by atomic mass is 32.2. The first-order valence-electron chi connectivity index (χ1n) is 4.35. The van der Waals surface area contributed by atoms with E-state index in [2.05, 4.69) is 4.74 Å². The van der Waals surface area contributed by atoms with Gasteiger partial charge in [-0.15, -0.1) is 11.8 Å². The van der Waals surface area contributed by atoms with Gasteiger partial charge in [0.25, 0.3) is 0 Å². The van der Waals surface area contributed by atoms with Crippen LogP contribution in [-0.4, -0.2) is 43.3 Å². The standard InChI is InChI=1S/C8H12O6S/c1-3-12-6(9)7-13-5(4-15-7)14-8(10)11-2/h5,7H,3-4H2,1-2H3/t5-,7-/m1/s1. The molecule has 0 N–H and O–H groups in total. The van der Waals surface area contributed by atoms with Crippen LogP contribution in [0.15, 0.2) is 0 Å². The molecule has 6 nitrogen and oxygen atoms in total. The minimum absolute atomic E-state index is 0.293. The van der Waals surface area contributed by atoms with Crippen molar-refractivity contribution in [1.29, 1.82) is 0 Å². The van der Waals surface area contributed by atoms with Gasteiger partial charge in [-0.2, -0.15) is 0 Å². The van der Waals surface area contributed by atoms with Gasteiger partial charge in [0.1, 0.15) is 0 Å². The smallest absolute Gasteiger partial charge is 0.463 e. The van der Waals surface area contributed by atoms with Crippen molar-refractivity contribution in [2.45, 2.75) is 18.6 Å². The summed E-state index contributed by atoms with van der Waals surface area (Å²) in [7, 11) is 1.20. The third kappa shape index (κ3) is 3.60. The van der Waals surface area contributed by atoms with Gasteiger partial charge in [-0.3, -0.25) is 0 Å². The summed E-state index contributed by atoms with van der Waals surface area (Å²) in [6.45, 7) is 2.00. The Morgan fingerprint density at radius 3 is 2.87 bits per heavy atom. The van der Waals surface area contributed by atoms with Crippen LogP contribution in [0.4, 0.5) is 4.79 Å². The zero-order valence-electron chi connectivity index (χ0n) is 8.43. The highest BCUT2D eigenvalue weighted by Gasteiger charge is 2.34. The average molecular weight is 236 g/mol. The molecule has 0 radical (unpaired) electrons. The summed E-state index contributed by atoms with van der Waals surface area (Å²) >= 11 is 1.22. The summed E-state index contributed by atoms with van der Waals surface area (Å²) in [4.78, 5) is 21.9. The van der Waals surface area contributed by atoms with E-state index < -0.39 is 23.9 Å². The van der Waals surface area contributed by atoms with Crippen molar-refractivity contribution in [3.63, 3.8) is 0 Å². The number of thioether (sulfide) groups is 1. The minimum atomic E-state index is -0.829. The van der Waals surface area contributed by atoms with E-state index in [0.29, 0.717) is 12.4 Å². The molecule has 1 aliphatic rings. The fourth-order valence-electron chi connectivity index (χ4n) is 0.934. The van der Waals surface area contributed by atoms with Crippen LogP contribution in [0.3, 0.4) is 0 Å². The number of hydrogen-bond acceptors (Lipinski definition) is 7. The number of esters is 1. The Kier molecular flexibility index (Phi) is 4.70. The van der Waals surface area contributed by atoms with Crippen LogP contribution in [0, 0.1) is 0 Å². The van der Waals surface area contributed by atoms with Crippen LogP contribution in [-0.2, 0) is 23.7 Å². The van der Waals surface area contributed by atoms with E-state index in [9.17, 15) is 9.59 Å². The molecule has 0 saturated carbocycles. The molecule has 0 aromatic heterocycles. The Labute approximate surface area is 91.2 Å². The normalized spacial score (nSPS) is 24.7. The molecule has 1 heterocycles. The van der Waals surface area contributed by atoms with Gasteiger partial charge >= 0.3 is 12.1 Å². The minimum Gasteiger partial charge on any atom is -0.463 e. The van der Waals surface area contributed by atoms with Crippen molar-refractivity contribution >= 4 is 23.9 Å². The van der Waals surface area contributed by atoms with Crippen LogP contribution in [0.5, 0.6) is 0 Å². The second-order valence-electron chi connectivity index (χ2n) is 2.55. The third-order valence-corrected chi connectivity index (χ3v) is 2.60. The first-order chi connectivity index (χ1) is 7.17. The van der Waals surface area contributed by atoms with Gasteiger partial charge in [-0.05, 0) is 6.92 Å². The van der Waals surface area contributed by atoms with E-state index in [1.54, 1.807) is 6.92 Å². The van der Waals surface area contributed by atoms with Gasteiger partial charge in [0.2, 0.25) is 11.7 Å². The van der Waals surface area contributed by atoms with Crippen molar-refractivity contribution in [3.8, 4) is 0 Å². The van der Waals surface area contributed by atoms with Gasteiger partial charge in [-0.25, -0.2) is 9.59 Å². The van der Waals surface area contributed by atoms with E-state index in [1.165, 1.54) is 18.9 Å². The lowest BCUT2D eigenvalue weighted by molar-refractivity contribution is -0.162. The Morgan fingerprint density at radius 1 is 1.53 bits per heavy atom. The Hall–Kier alpha value is -0.950. The zero-order valence-corrected chi connectivity index (χ0v) is 9.24. The zero-order chi connectivity index (χ0) is 11.3. The van der Waals surface area contributed by atoms with Crippen molar-refractivity contribution in [2.75, 3.05) is 19.5 Å². The first-order valence-corrected chi connectivity index (χ1v) is 5.40. The molecular weight excluding hydrogens is 224 g/mol. The number of methoxy groups -OCH3 is 1. The quantitative estimate of drug-likeness (QED) is 0.669. The molecule has 0 bridgehead atoms. The van der Waals surface area contributed by atoms with Crippen molar-refractivity contribution in [3.05, 3.63) is 0 Å². The second-order valence-corrected chi connectivity index (χ2v) is 3.65. The largest absolute Gasteiger partial charge is 0.510 e. The number of ether oxygens (including phenoxy) is 4. The van der Waals surface area contributed by atoms with E-state index in [1.807, 2.05) is 0 Å². The Balaban J connectivity index is 2.32. The summed E-state index contributed by atoms with van der Waals surface area (Å²) in [5.74, 6) is -0.0723. The summed E-state index contributed by atoms with van der Waals surface area (Å²) in [6, 6.07) is 0. The van der Waals surface area contributed by atoms with E-state index >= 15 is 0 Å². The predicted octanol–water partition coefficient (Wildman–Crippen LogP) is 0.748. The average Bonchev–Trinajstić information content (AvgIpc) is 2.66. The summed E-state index contributed by atoms with van der Waals surface area (Å²) in [5, 5.41) is 0. The summed E-state index contributed by atoms with van der Waals surface area (Å²) in [5.41, 5.74) is -0.723. The van der Waals surface area contributed by atoms with E-state index in [0.717, 1.165) is 0 Å². The van der Waals surface area contributed by atoms with Gasteiger partial charge < -0.3 is 18.9 Å². The molecule has 86 valence electrons. The van der Waals surface area contributed by atoms with Crippen LogP contribution in [0.1, 0.15) is 6.92 Å². The van der Waals surface area contributed by atoms with Crippen LogP contribution in [0.2, 0.25) is 0 Å². The lowest BCUT2D eigenvalue weighted by Crippen LogP contribution is -2.25. The molecule has 1 aliphatic heterocycles. The molecule has 15 heavy (non-hydrogen) atoms. The summed E-state index contributed by atoms with van der Waals surface area (Å²) in [6.07, 6.45) is -1.58. The van der Waals surface area contributed by atoms with E-state index in [4.69, 9.17) is 14.2 Å². The molecule has 2 atom stereocenters. The highest BCUT2D eigenvalue weighted by molar-refractivity contribution is 8.00. The second kappa shape index (κ2) is 5.82. The van der Waals surface area contributed by atoms with Crippen LogP contribution >= 0.6 is 11.8 Å².